The largest absolute Gasteiger partial charge is 0.481 e. The van der Waals surface area contributed by atoms with Gasteiger partial charge in [0.2, 0.25) is 23.6 Å². The molecule has 0 aromatic rings. The van der Waals surface area contributed by atoms with Gasteiger partial charge in [-0.3, -0.25) is 24.0 Å². The van der Waals surface area contributed by atoms with Gasteiger partial charge in [0.25, 0.3) is 0 Å². The topological polar surface area (TPSA) is 231 Å². The lowest BCUT2D eigenvalue weighted by Gasteiger charge is -2.20. The van der Waals surface area contributed by atoms with Crippen LogP contribution >= 0.6 is 11.8 Å². The van der Waals surface area contributed by atoms with Crippen molar-refractivity contribution in [2.24, 2.45) is 11.5 Å². The zero-order valence-corrected chi connectivity index (χ0v) is 17.2. The molecule has 4 amide bonds. The van der Waals surface area contributed by atoms with Gasteiger partial charge in [-0.15, -0.1) is 0 Å². The minimum absolute atomic E-state index is 0.189. The molecule has 0 saturated heterocycles. The molecule has 0 fully saturated rings. The lowest BCUT2D eigenvalue weighted by Crippen LogP contribution is -2.54. The molecular weight excluding hydrogens is 422 g/mol. The van der Waals surface area contributed by atoms with E-state index in [0.29, 0.717) is 5.75 Å². The molecule has 3 unspecified atom stereocenters. The number of nitrogens with two attached hydrogens (primary N) is 2. The summed E-state index contributed by atoms with van der Waals surface area (Å²) in [6.45, 7) is -0.577. The first-order valence-corrected chi connectivity index (χ1v) is 10.2. The third-order valence-corrected chi connectivity index (χ3v) is 4.35. The van der Waals surface area contributed by atoms with Gasteiger partial charge >= 0.3 is 11.9 Å². The Balaban J connectivity index is 4.88. The molecule has 0 aromatic heterocycles. The van der Waals surface area contributed by atoms with Gasteiger partial charge in [-0.25, -0.2) is 4.79 Å². The second-order valence-corrected chi connectivity index (χ2v) is 7.21. The molecule has 14 heteroatoms. The number of carbonyl (C=O) groups is 6. The molecular formula is C16H27N5O8S. The third kappa shape index (κ3) is 11.9. The van der Waals surface area contributed by atoms with Crippen molar-refractivity contribution >= 4 is 47.3 Å². The summed E-state index contributed by atoms with van der Waals surface area (Å²) in [4.78, 5) is 68.9. The van der Waals surface area contributed by atoms with Crippen molar-refractivity contribution in [3.8, 4) is 0 Å². The summed E-state index contributed by atoms with van der Waals surface area (Å²) in [7, 11) is 0. The maximum absolute atomic E-state index is 12.3. The molecule has 3 atom stereocenters. The van der Waals surface area contributed by atoms with Gasteiger partial charge in [0.1, 0.15) is 12.1 Å². The summed E-state index contributed by atoms with van der Waals surface area (Å²) in [5.74, 6) is -5.33. The average Bonchev–Trinajstić information content (AvgIpc) is 2.65. The van der Waals surface area contributed by atoms with E-state index in [-0.39, 0.29) is 19.3 Å². The summed E-state index contributed by atoms with van der Waals surface area (Å²) >= 11 is 1.41. The van der Waals surface area contributed by atoms with Crippen LogP contribution in [0.5, 0.6) is 0 Å². The second kappa shape index (κ2) is 14.2. The van der Waals surface area contributed by atoms with Crippen molar-refractivity contribution < 1.29 is 39.0 Å². The van der Waals surface area contributed by atoms with E-state index >= 15 is 0 Å². The summed E-state index contributed by atoms with van der Waals surface area (Å²) < 4.78 is 0. The molecule has 0 spiro atoms. The number of rotatable bonds is 15. The lowest BCUT2D eigenvalue weighted by atomic mass is 10.1. The highest BCUT2D eigenvalue weighted by Gasteiger charge is 2.26. The molecule has 0 saturated carbocycles. The Morgan fingerprint density at radius 1 is 0.967 bits per heavy atom. The van der Waals surface area contributed by atoms with Crippen LogP contribution in [0.15, 0.2) is 0 Å². The summed E-state index contributed by atoms with van der Waals surface area (Å²) in [6.07, 6.45) is 0.818. The van der Waals surface area contributed by atoms with Gasteiger partial charge in [0, 0.05) is 6.42 Å². The van der Waals surface area contributed by atoms with Crippen LogP contribution in [0, 0.1) is 0 Å². The maximum Gasteiger partial charge on any atom is 0.326 e. The molecule has 0 heterocycles. The van der Waals surface area contributed by atoms with Crippen molar-refractivity contribution in [3.63, 3.8) is 0 Å². The molecule has 0 aliphatic heterocycles. The number of hydrogen-bond donors (Lipinski definition) is 7. The van der Waals surface area contributed by atoms with Crippen LogP contribution in [0.3, 0.4) is 0 Å². The van der Waals surface area contributed by atoms with Gasteiger partial charge in [0.15, 0.2) is 0 Å². The van der Waals surface area contributed by atoms with Gasteiger partial charge in [-0.1, -0.05) is 0 Å². The predicted molar refractivity (Wildman–Crippen MR) is 106 cm³/mol. The van der Waals surface area contributed by atoms with Crippen LogP contribution < -0.4 is 27.4 Å². The number of carbonyl (C=O) groups excluding carboxylic acids is 4. The first-order chi connectivity index (χ1) is 14.0. The van der Waals surface area contributed by atoms with E-state index in [0.717, 1.165) is 0 Å². The zero-order valence-electron chi connectivity index (χ0n) is 16.4. The van der Waals surface area contributed by atoms with E-state index < -0.39 is 66.7 Å². The number of carboxylic acid groups (broad SMARTS) is 2. The van der Waals surface area contributed by atoms with Crippen LogP contribution in [-0.2, 0) is 28.8 Å². The van der Waals surface area contributed by atoms with E-state index in [2.05, 4.69) is 16.0 Å². The standard InChI is InChI=1S/C16H27N5O8S/c1-30-5-4-10(16(28)29)20-12(23)7-19-15(27)9(2-3-11(18)22)21-14(26)8(17)6-13(24)25/h8-10H,2-7,17H2,1H3,(H2,18,22)(H,19,27)(H,20,23)(H,21,26)(H,24,25)(H,28,29). The fourth-order valence-corrected chi connectivity index (χ4v) is 2.62. The van der Waals surface area contributed by atoms with Gasteiger partial charge in [-0.05, 0) is 24.9 Å². The second-order valence-electron chi connectivity index (χ2n) is 6.23. The number of hydrogen-bond acceptors (Lipinski definition) is 8. The number of primary amides is 1. The molecule has 13 nitrogen and oxygen atoms in total. The molecule has 0 bridgehead atoms. The number of nitrogens with one attached hydrogen (secondary N) is 3. The average molecular weight is 449 g/mol. The van der Waals surface area contributed by atoms with Crippen LogP contribution in [-0.4, -0.2) is 82.5 Å². The van der Waals surface area contributed by atoms with E-state index in [4.69, 9.17) is 21.7 Å². The predicted octanol–water partition coefficient (Wildman–Crippen LogP) is -3.02. The van der Waals surface area contributed by atoms with Crippen LogP contribution in [0.2, 0.25) is 0 Å². The highest BCUT2D eigenvalue weighted by molar-refractivity contribution is 7.98. The van der Waals surface area contributed by atoms with E-state index in [1.807, 2.05) is 0 Å². The van der Waals surface area contributed by atoms with Crippen molar-refractivity contribution in [1.29, 1.82) is 0 Å². The van der Waals surface area contributed by atoms with E-state index in [9.17, 15) is 28.8 Å². The number of amides is 4. The molecule has 0 radical (unpaired) electrons. The van der Waals surface area contributed by atoms with Crippen LogP contribution in [0.25, 0.3) is 0 Å². The molecule has 0 aromatic carbocycles. The Morgan fingerprint density at radius 2 is 1.60 bits per heavy atom. The zero-order chi connectivity index (χ0) is 23.3. The Morgan fingerprint density at radius 3 is 2.10 bits per heavy atom. The van der Waals surface area contributed by atoms with Crippen LogP contribution in [0.1, 0.15) is 25.7 Å². The fourth-order valence-electron chi connectivity index (χ4n) is 2.14. The Kier molecular flexibility index (Phi) is 12.8. The van der Waals surface area contributed by atoms with E-state index in [1.54, 1.807) is 6.26 Å². The van der Waals surface area contributed by atoms with Crippen molar-refractivity contribution in [1.82, 2.24) is 16.0 Å². The fraction of sp³-hybridized carbons (Fsp3) is 0.625. The summed E-state index contributed by atoms with van der Waals surface area (Å²) in [5.41, 5.74) is 10.5. The minimum Gasteiger partial charge on any atom is -0.481 e. The first kappa shape index (κ1) is 27.1. The normalized spacial score (nSPS) is 13.4. The number of thioether (sulfide) groups is 1. The third-order valence-electron chi connectivity index (χ3n) is 3.71. The Labute approximate surface area is 176 Å². The highest BCUT2D eigenvalue weighted by atomic mass is 32.2. The Bertz CT molecular complexity index is 660. The molecule has 0 aliphatic rings. The molecule has 30 heavy (non-hydrogen) atoms. The number of carboxylic acids is 2. The molecule has 170 valence electrons. The van der Waals surface area contributed by atoms with Crippen molar-refractivity contribution in [2.45, 2.75) is 43.8 Å². The van der Waals surface area contributed by atoms with Crippen molar-refractivity contribution in [2.75, 3.05) is 18.6 Å². The Hall–Kier alpha value is -2.87. The minimum atomic E-state index is -1.43. The summed E-state index contributed by atoms with van der Waals surface area (Å²) in [5, 5.41) is 24.5. The van der Waals surface area contributed by atoms with E-state index in [1.165, 1.54) is 11.8 Å². The molecule has 9 N–H and O–H groups in total. The highest BCUT2D eigenvalue weighted by Crippen LogP contribution is 2.02. The van der Waals surface area contributed by atoms with Gasteiger partial charge in [0.05, 0.1) is 19.0 Å². The van der Waals surface area contributed by atoms with Gasteiger partial charge < -0.3 is 37.6 Å². The SMILES string of the molecule is CSCCC(NC(=O)CNC(=O)C(CCC(N)=O)NC(=O)C(N)CC(=O)O)C(=O)O. The van der Waals surface area contributed by atoms with Gasteiger partial charge in [-0.2, -0.15) is 11.8 Å². The first-order valence-electron chi connectivity index (χ1n) is 8.82. The van der Waals surface area contributed by atoms with Crippen molar-refractivity contribution in [3.05, 3.63) is 0 Å². The monoisotopic (exact) mass is 449 g/mol. The molecule has 0 rings (SSSR count). The smallest absolute Gasteiger partial charge is 0.326 e. The maximum atomic E-state index is 12.3. The lowest BCUT2D eigenvalue weighted by molar-refractivity contribution is -0.141. The summed E-state index contributed by atoms with van der Waals surface area (Å²) in [6, 6.07) is -3.85. The number of aliphatic carboxylic acids is 2. The molecule has 0 aliphatic carbocycles. The quantitative estimate of drug-likeness (QED) is 0.134. The van der Waals surface area contributed by atoms with Crippen LogP contribution in [0.4, 0.5) is 0 Å².